The van der Waals surface area contributed by atoms with E-state index in [0.717, 1.165) is 17.0 Å². The van der Waals surface area contributed by atoms with Gasteiger partial charge in [-0.1, -0.05) is 11.6 Å². The van der Waals surface area contributed by atoms with Gasteiger partial charge in [0.25, 0.3) is 11.1 Å². The van der Waals surface area contributed by atoms with Gasteiger partial charge in [0, 0.05) is 17.4 Å². The molecule has 10 nitrogen and oxygen atoms in total. The number of rotatable bonds is 3. The van der Waals surface area contributed by atoms with Crippen molar-refractivity contribution in [2.45, 2.75) is 0 Å². The lowest BCUT2D eigenvalue weighted by Gasteiger charge is -2.09. The van der Waals surface area contributed by atoms with Gasteiger partial charge in [-0.3, -0.25) is 19.6 Å². The lowest BCUT2D eigenvalue weighted by Crippen LogP contribution is -2.31. The smallest absolute Gasteiger partial charge is 0.335 e. The quantitative estimate of drug-likeness (QED) is 0.475. The van der Waals surface area contributed by atoms with Crippen molar-refractivity contribution in [1.82, 2.24) is 19.5 Å². The maximum Gasteiger partial charge on any atom is 0.335 e. The standard InChI is InChI=1S/C15H10ClN5O5/c16-7-1-3-8(4-2-7)21-13(24)9(11(22)20-15(21)26)5-17-10-6-18-14(25)19-12(10)23/h1-6,24H,(H,20,22,26)(H2,18,19,23,25). The maximum atomic E-state index is 12.0. The molecule has 0 atom stereocenters. The highest BCUT2D eigenvalue weighted by Gasteiger charge is 2.14. The topological polar surface area (TPSA) is 153 Å². The Morgan fingerprint density at radius 2 is 1.73 bits per heavy atom. The lowest BCUT2D eigenvalue weighted by atomic mass is 10.3. The third kappa shape index (κ3) is 3.26. The molecule has 3 rings (SSSR count). The predicted octanol–water partition coefficient (Wildman–Crippen LogP) is 0.0120. The lowest BCUT2D eigenvalue weighted by molar-refractivity contribution is 0.430. The number of nitrogens with one attached hydrogen (secondary N) is 3. The zero-order valence-corrected chi connectivity index (χ0v) is 13.6. The second kappa shape index (κ2) is 6.69. The van der Waals surface area contributed by atoms with Gasteiger partial charge in [0.15, 0.2) is 0 Å². The molecule has 0 aliphatic heterocycles. The fraction of sp³-hybridized carbons (Fsp3) is 0. The van der Waals surface area contributed by atoms with Crippen molar-refractivity contribution in [3.8, 4) is 11.6 Å². The van der Waals surface area contributed by atoms with Crippen LogP contribution in [-0.4, -0.2) is 30.8 Å². The number of aliphatic imine (C=N–C) groups is 1. The summed E-state index contributed by atoms with van der Waals surface area (Å²) in [5, 5.41) is 10.8. The first-order valence-corrected chi connectivity index (χ1v) is 7.45. The first kappa shape index (κ1) is 17.2. The fourth-order valence-corrected chi connectivity index (χ4v) is 2.24. The van der Waals surface area contributed by atoms with Gasteiger partial charge in [-0.15, -0.1) is 0 Å². The van der Waals surface area contributed by atoms with Gasteiger partial charge < -0.3 is 10.1 Å². The summed E-state index contributed by atoms with van der Waals surface area (Å²) in [6.45, 7) is 0. The molecule has 0 unspecified atom stereocenters. The average molecular weight is 376 g/mol. The van der Waals surface area contributed by atoms with Gasteiger partial charge in [0.05, 0.1) is 5.69 Å². The first-order chi connectivity index (χ1) is 12.4. The third-order valence-corrected chi connectivity index (χ3v) is 3.59. The molecular weight excluding hydrogens is 366 g/mol. The molecule has 0 amide bonds. The van der Waals surface area contributed by atoms with Crippen molar-refractivity contribution in [1.29, 1.82) is 0 Å². The molecule has 0 saturated carbocycles. The van der Waals surface area contributed by atoms with Crippen molar-refractivity contribution in [2.24, 2.45) is 4.99 Å². The molecule has 0 fully saturated rings. The Bertz CT molecular complexity index is 1230. The van der Waals surface area contributed by atoms with E-state index < -0.39 is 28.4 Å². The second-order valence-electron chi connectivity index (χ2n) is 5.02. The summed E-state index contributed by atoms with van der Waals surface area (Å²) in [6.07, 6.45) is 1.95. The fourth-order valence-electron chi connectivity index (χ4n) is 2.12. The highest BCUT2D eigenvalue weighted by molar-refractivity contribution is 6.30. The molecule has 26 heavy (non-hydrogen) atoms. The number of halogens is 1. The van der Waals surface area contributed by atoms with Gasteiger partial charge in [-0.25, -0.2) is 19.1 Å². The molecule has 0 spiro atoms. The first-order valence-electron chi connectivity index (χ1n) is 7.07. The zero-order chi connectivity index (χ0) is 18.8. The average Bonchev–Trinajstić information content (AvgIpc) is 2.57. The van der Waals surface area contributed by atoms with Crippen LogP contribution in [0.2, 0.25) is 5.02 Å². The van der Waals surface area contributed by atoms with E-state index >= 15 is 0 Å². The summed E-state index contributed by atoms with van der Waals surface area (Å²) in [5.41, 5.74) is -3.57. The van der Waals surface area contributed by atoms with E-state index in [1.807, 2.05) is 9.97 Å². The monoisotopic (exact) mass is 375 g/mol. The number of benzene rings is 1. The molecule has 2 heterocycles. The van der Waals surface area contributed by atoms with Crippen LogP contribution in [0.1, 0.15) is 5.56 Å². The van der Waals surface area contributed by atoms with Gasteiger partial charge >= 0.3 is 11.4 Å². The van der Waals surface area contributed by atoms with Crippen molar-refractivity contribution in [3.05, 3.63) is 82.7 Å². The number of hydrogen-bond donors (Lipinski definition) is 4. The number of aromatic hydroxyl groups is 1. The molecule has 132 valence electrons. The summed E-state index contributed by atoms with van der Waals surface area (Å²) in [4.78, 5) is 56.6. The minimum absolute atomic E-state index is 0.201. The van der Waals surface area contributed by atoms with E-state index in [2.05, 4.69) is 9.98 Å². The number of H-pyrrole nitrogens is 3. The molecule has 0 bridgehead atoms. The van der Waals surface area contributed by atoms with Crippen LogP contribution in [0, 0.1) is 0 Å². The highest BCUT2D eigenvalue weighted by Crippen LogP contribution is 2.18. The van der Waals surface area contributed by atoms with Gasteiger partial charge in [0.2, 0.25) is 5.88 Å². The maximum absolute atomic E-state index is 12.0. The summed E-state index contributed by atoms with van der Waals surface area (Å²) >= 11 is 5.79. The Morgan fingerprint density at radius 1 is 1.04 bits per heavy atom. The van der Waals surface area contributed by atoms with Crippen LogP contribution in [0.15, 0.2) is 54.6 Å². The van der Waals surface area contributed by atoms with E-state index in [9.17, 15) is 24.3 Å². The molecule has 2 aromatic heterocycles. The van der Waals surface area contributed by atoms with Gasteiger partial charge in [-0.05, 0) is 24.3 Å². The highest BCUT2D eigenvalue weighted by atomic mass is 35.5. The van der Waals surface area contributed by atoms with Gasteiger partial charge in [-0.2, -0.15) is 0 Å². The normalized spacial score (nSPS) is 11.1. The van der Waals surface area contributed by atoms with Crippen LogP contribution in [0.4, 0.5) is 5.69 Å². The molecule has 0 saturated heterocycles. The second-order valence-corrected chi connectivity index (χ2v) is 5.46. The zero-order valence-electron chi connectivity index (χ0n) is 12.8. The summed E-state index contributed by atoms with van der Waals surface area (Å²) in [5.74, 6) is -0.675. The molecule has 4 N–H and O–H groups in total. The summed E-state index contributed by atoms with van der Waals surface area (Å²) in [7, 11) is 0. The molecule has 0 radical (unpaired) electrons. The van der Waals surface area contributed by atoms with Gasteiger partial charge in [0.1, 0.15) is 11.3 Å². The number of nitrogens with zero attached hydrogens (tertiary/aromatic N) is 2. The Hall–Kier alpha value is -3.66. The van der Waals surface area contributed by atoms with Crippen molar-refractivity contribution in [2.75, 3.05) is 0 Å². The largest absolute Gasteiger partial charge is 0.493 e. The van der Waals surface area contributed by atoms with E-state index in [1.165, 1.54) is 24.3 Å². The van der Waals surface area contributed by atoms with Crippen LogP contribution in [0.3, 0.4) is 0 Å². The molecule has 0 aliphatic rings. The Morgan fingerprint density at radius 3 is 2.38 bits per heavy atom. The van der Waals surface area contributed by atoms with E-state index in [-0.39, 0.29) is 16.9 Å². The van der Waals surface area contributed by atoms with E-state index in [0.29, 0.717) is 5.02 Å². The Labute approximate surface area is 148 Å². The van der Waals surface area contributed by atoms with Crippen LogP contribution >= 0.6 is 11.6 Å². The molecule has 1 aromatic carbocycles. The minimum atomic E-state index is -0.901. The van der Waals surface area contributed by atoms with Crippen molar-refractivity contribution in [3.63, 3.8) is 0 Å². The van der Waals surface area contributed by atoms with Crippen LogP contribution < -0.4 is 22.5 Å². The molecule has 11 heteroatoms. The van der Waals surface area contributed by atoms with Crippen molar-refractivity contribution >= 4 is 23.5 Å². The Kier molecular flexibility index (Phi) is 4.42. The summed E-state index contributed by atoms with van der Waals surface area (Å²) < 4.78 is 0.843. The number of hydrogen-bond acceptors (Lipinski definition) is 6. The van der Waals surface area contributed by atoms with Crippen molar-refractivity contribution < 1.29 is 5.11 Å². The summed E-state index contributed by atoms with van der Waals surface area (Å²) in [6, 6.07) is 5.94. The Balaban J connectivity index is 2.15. The number of aromatic nitrogens is 4. The van der Waals surface area contributed by atoms with Crippen LogP contribution in [-0.2, 0) is 0 Å². The predicted molar refractivity (Wildman–Crippen MR) is 94.3 cm³/mol. The van der Waals surface area contributed by atoms with Crippen LogP contribution in [0.25, 0.3) is 5.69 Å². The minimum Gasteiger partial charge on any atom is -0.493 e. The third-order valence-electron chi connectivity index (χ3n) is 3.34. The molecule has 0 aliphatic carbocycles. The molecular formula is C15H10ClN5O5. The SMILES string of the molecule is O=c1[nH]cc(N=Cc2c(O)n(-c3ccc(Cl)cc3)c(=O)[nH]c2=O)c(=O)[nH]1. The van der Waals surface area contributed by atoms with E-state index in [4.69, 9.17) is 11.6 Å². The number of aromatic amines is 3. The van der Waals surface area contributed by atoms with Crippen LogP contribution in [0.5, 0.6) is 5.88 Å². The molecule has 3 aromatic rings. The van der Waals surface area contributed by atoms with E-state index in [1.54, 1.807) is 0 Å².